The molecule has 0 radical (unpaired) electrons. The number of aryl methyl sites for hydroxylation is 2. The van der Waals surface area contributed by atoms with Crippen LogP contribution in [0, 0.1) is 0 Å². The van der Waals surface area contributed by atoms with Gasteiger partial charge < -0.3 is 5.32 Å². The van der Waals surface area contributed by atoms with Gasteiger partial charge in [0, 0.05) is 13.1 Å². The van der Waals surface area contributed by atoms with Crippen molar-refractivity contribution in [3.05, 3.63) is 23.0 Å². The summed E-state index contributed by atoms with van der Waals surface area (Å²) in [6.07, 6.45) is 5.80. The van der Waals surface area contributed by atoms with Gasteiger partial charge in [-0.05, 0) is 44.9 Å². The van der Waals surface area contributed by atoms with Gasteiger partial charge >= 0.3 is 0 Å². The second-order valence-corrected chi connectivity index (χ2v) is 4.31. The van der Waals surface area contributed by atoms with Gasteiger partial charge in [-0.15, -0.1) is 0 Å². The number of hydrogen-bond donors (Lipinski definition) is 1. The van der Waals surface area contributed by atoms with Crippen LogP contribution in [0.5, 0.6) is 0 Å². The van der Waals surface area contributed by atoms with Crippen molar-refractivity contribution in [1.82, 2.24) is 15.1 Å². The van der Waals surface area contributed by atoms with E-state index in [0.29, 0.717) is 0 Å². The Hall–Kier alpha value is -1.09. The number of nitrogens with zero attached hydrogens (tertiary/aromatic N) is 2. The third-order valence-electron chi connectivity index (χ3n) is 3.08. The number of aromatic nitrogens is 2. The first-order chi connectivity index (χ1) is 7.83. The van der Waals surface area contributed by atoms with Gasteiger partial charge in [0.1, 0.15) is 0 Å². The Labute approximate surface area is 97.5 Å². The molecule has 1 N–H and O–H groups in total. The molecule has 1 aliphatic rings. The molecule has 1 aliphatic heterocycles. The summed E-state index contributed by atoms with van der Waals surface area (Å²) in [4.78, 5) is 0. The highest BCUT2D eigenvalue weighted by Gasteiger charge is 2.07. The topological polar surface area (TPSA) is 29.9 Å². The van der Waals surface area contributed by atoms with E-state index in [1.807, 2.05) is 0 Å². The van der Waals surface area contributed by atoms with E-state index in [-0.39, 0.29) is 0 Å². The average Bonchev–Trinajstić information content (AvgIpc) is 2.73. The first-order valence-electron chi connectivity index (χ1n) is 6.30. The van der Waals surface area contributed by atoms with Gasteiger partial charge in [-0.1, -0.05) is 12.5 Å². The van der Waals surface area contributed by atoms with E-state index >= 15 is 0 Å². The highest BCUT2D eigenvalue weighted by atomic mass is 15.3. The summed E-state index contributed by atoms with van der Waals surface area (Å²) in [5, 5.41) is 7.98. The maximum atomic E-state index is 4.56. The minimum Gasteiger partial charge on any atom is -0.313 e. The Kier molecular flexibility index (Phi) is 3.78. The van der Waals surface area contributed by atoms with E-state index in [0.717, 1.165) is 26.1 Å². The molecule has 0 amide bonds. The minimum atomic E-state index is 0.951. The lowest BCUT2D eigenvalue weighted by atomic mass is 10.1. The molecule has 1 saturated heterocycles. The Morgan fingerprint density at radius 1 is 1.50 bits per heavy atom. The average molecular weight is 219 g/mol. The molecule has 0 spiro atoms. The van der Waals surface area contributed by atoms with Gasteiger partial charge in [-0.2, -0.15) is 5.10 Å². The summed E-state index contributed by atoms with van der Waals surface area (Å²) in [5.41, 5.74) is 3.96. The molecule has 88 valence electrons. The predicted octanol–water partition coefficient (Wildman–Crippen LogP) is 2.23. The molecule has 1 fully saturated rings. The molecule has 16 heavy (non-hydrogen) atoms. The van der Waals surface area contributed by atoms with Gasteiger partial charge in [0.2, 0.25) is 0 Å². The molecule has 0 aromatic carbocycles. The van der Waals surface area contributed by atoms with Crippen molar-refractivity contribution in [2.24, 2.45) is 0 Å². The van der Waals surface area contributed by atoms with E-state index < -0.39 is 0 Å². The zero-order valence-corrected chi connectivity index (χ0v) is 10.3. The van der Waals surface area contributed by atoms with Crippen molar-refractivity contribution < 1.29 is 0 Å². The van der Waals surface area contributed by atoms with Crippen molar-refractivity contribution in [3.63, 3.8) is 0 Å². The molecule has 1 aromatic heterocycles. The zero-order valence-electron chi connectivity index (χ0n) is 10.3. The van der Waals surface area contributed by atoms with Crippen LogP contribution >= 0.6 is 0 Å². The lowest BCUT2D eigenvalue weighted by Crippen LogP contribution is -2.23. The van der Waals surface area contributed by atoms with E-state index in [4.69, 9.17) is 0 Å². The molecule has 2 rings (SSSR count). The first kappa shape index (κ1) is 11.4. The van der Waals surface area contributed by atoms with Gasteiger partial charge in [-0.3, -0.25) is 4.68 Å². The Morgan fingerprint density at radius 3 is 3.00 bits per heavy atom. The highest BCUT2D eigenvalue weighted by Crippen LogP contribution is 2.15. The van der Waals surface area contributed by atoms with Crippen LogP contribution in [0.2, 0.25) is 0 Å². The summed E-state index contributed by atoms with van der Waals surface area (Å²) in [6, 6.07) is 2.21. The molecular weight excluding hydrogens is 198 g/mol. The largest absolute Gasteiger partial charge is 0.313 e. The summed E-state index contributed by atoms with van der Waals surface area (Å²) >= 11 is 0. The quantitative estimate of drug-likeness (QED) is 0.845. The molecule has 0 bridgehead atoms. The van der Waals surface area contributed by atoms with Crippen LogP contribution < -0.4 is 5.32 Å². The molecule has 0 unspecified atom stereocenters. The minimum absolute atomic E-state index is 0.951. The monoisotopic (exact) mass is 219 g/mol. The molecule has 0 saturated carbocycles. The Bertz CT molecular complexity index is 369. The summed E-state index contributed by atoms with van der Waals surface area (Å²) < 4.78 is 2.10. The predicted molar refractivity (Wildman–Crippen MR) is 67.4 cm³/mol. The Morgan fingerprint density at radius 2 is 2.38 bits per heavy atom. The van der Waals surface area contributed by atoms with E-state index in [9.17, 15) is 0 Å². The lowest BCUT2D eigenvalue weighted by molar-refractivity contribution is 0.610. The van der Waals surface area contributed by atoms with Crippen LogP contribution in [0.4, 0.5) is 0 Å². The van der Waals surface area contributed by atoms with Crippen LogP contribution in [-0.4, -0.2) is 22.9 Å². The van der Waals surface area contributed by atoms with Gasteiger partial charge in [0.15, 0.2) is 0 Å². The zero-order chi connectivity index (χ0) is 11.4. The second-order valence-electron chi connectivity index (χ2n) is 4.31. The molecular formula is C13H21N3. The van der Waals surface area contributed by atoms with E-state index in [1.165, 1.54) is 29.8 Å². The van der Waals surface area contributed by atoms with Gasteiger partial charge in [-0.25, -0.2) is 0 Å². The normalized spacial score (nSPS) is 19.2. The van der Waals surface area contributed by atoms with Crippen LogP contribution in [0.15, 0.2) is 11.6 Å². The second kappa shape index (κ2) is 5.30. The summed E-state index contributed by atoms with van der Waals surface area (Å²) in [6.45, 7) is 7.45. The van der Waals surface area contributed by atoms with Crippen LogP contribution in [-0.2, 0) is 13.0 Å². The molecule has 0 atom stereocenters. The van der Waals surface area contributed by atoms with E-state index in [2.05, 4.69) is 41.1 Å². The maximum absolute atomic E-state index is 4.56. The smallest absolute Gasteiger partial charge is 0.0628 e. The number of hydrogen-bond acceptors (Lipinski definition) is 2. The van der Waals surface area contributed by atoms with Crippen molar-refractivity contribution in [2.45, 2.75) is 39.7 Å². The van der Waals surface area contributed by atoms with Crippen molar-refractivity contribution >= 4 is 6.08 Å². The van der Waals surface area contributed by atoms with Crippen molar-refractivity contribution in [1.29, 1.82) is 0 Å². The maximum Gasteiger partial charge on any atom is 0.0628 e. The van der Waals surface area contributed by atoms with Crippen molar-refractivity contribution in [3.8, 4) is 0 Å². The fourth-order valence-corrected chi connectivity index (χ4v) is 2.14. The molecule has 3 nitrogen and oxygen atoms in total. The summed E-state index contributed by atoms with van der Waals surface area (Å²) in [7, 11) is 0. The first-order valence-corrected chi connectivity index (χ1v) is 6.30. The number of rotatable bonds is 3. The molecule has 2 heterocycles. The number of nitrogens with one attached hydrogen (secondary N) is 1. The van der Waals surface area contributed by atoms with Crippen LogP contribution in [0.3, 0.4) is 0 Å². The fourth-order valence-electron chi connectivity index (χ4n) is 2.14. The standard InChI is InChI=1S/C13H21N3/c1-3-12-9-13(16(4-2)15-12)8-11-6-5-7-14-10-11/h8-9,14H,3-7,10H2,1-2H3. The SMILES string of the molecule is CCc1cc(C=C2CCCNC2)n(CC)n1. The third kappa shape index (κ3) is 2.53. The molecule has 0 aliphatic carbocycles. The third-order valence-corrected chi connectivity index (χ3v) is 3.08. The van der Waals surface area contributed by atoms with Gasteiger partial charge in [0.25, 0.3) is 0 Å². The van der Waals surface area contributed by atoms with Crippen molar-refractivity contribution in [2.75, 3.05) is 13.1 Å². The lowest BCUT2D eigenvalue weighted by Gasteiger charge is -2.15. The van der Waals surface area contributed by atoms with Gasteiger partial charge in [0.05, 0.1) is 11.4 Å². The Balaban J connectivity index is 2.21. The van der Waals surface area contributed by atoms with Crippen LogP contribution in [0.25, 0.3) is 6.08 Å². The summed E-state index contributed by atoms with van der Waals surface area (Å²) in [5.74, 6) is 0. The highest BCUT2D eigenvalue weighted by molar-refractivity contribution is 5.50. The van der Waals surface area contributed by atoms with E-state index in [1.54, 1.807) is 0 Å². The fraction of sp³-hybridized carbons (Fsp3) is 0.615. The van der Waals surface area contributed by atoms with Crippen LogP contribution in [0.1, 0.15) is 38.1 Å². The molecule has 3 heteroatoms. The molecule has 1 aromatic rings. The number of piperidine rings is 1.